The second kappa shape index (κ2) is 6.46. The molecule has 1 aromatic heterocycles. The molecule has 1 atom stereocenters. The van der Waals surface area contributed by atoms with Gasteiger partial charge in [0.15, 0.2) is 0 Å². The van der Waals surface area contributed by atoms with Crippen molar-refractivity contribution in [3.05, 3.63) is 63.9 Å². The first-order chi connectivity index (χ1) is 9.19. The van der Waals surface area contributed by atoms with E-state index >= 15 is 0 Å². The molecule has 1 N–H and O–H groups in total. The summed E-state index contributed by atoms with van der Waals surface area (Å²) in [5.74, 6) is 0. The molecule has 1 unspecified atom stereocenters. The van der Waals surface area contributed by atoms with Crippen LogP contribution >= 0.6 is 15.9 Å². The van der Waals surface area contributed by atoms with Crippen molar-refractivity contribution in [2.24, 2.45) is 0 Å². The van der Waals surface area contributed by atoms with Crippen LogP contribution in [0.4, 0.5) is 0 Å². The number of nitriles is 1. The molecule has 0 fully saturated rings. The standard InChI is InChI=1S/C15H14BrN3/c1-11(13-4-2-12(8-17)3-5-13)18-10-15-7-6-14(16)9-19-15/h2-7,9,11,18H,10H2,1H3. The summed E-state index contributed by atoms with van der Waals surface area (Å²) in [5, 5.41) is 12.2. The molecule has 19 heavy (non-hydrogen) atoms. The highest BCUT2D eigenvalue weighted by atomic mass is 79.9. The summed E-state index contributed by atoms with van der Waals surface area (Å²) in [6.07, 6.45) is 1.80. The topological polar surface area (TPSA) is 48.7 Å². The first-order valence-corrected chi connectivity index (χ1v) is 6.82. The number of nitrogens with one attached hydrogen (secondary N) is 1. The van der Waals surface area contributed by atoms with Gasteiger partial charge in [-0.1, -0.05) is 12.1 Å². The molecule has 0 aliphatic carbocycles. The molecule has 3 nitrogen and oxygen atoms in total. The highest BCUT2D eigenvalue weighted by Crippen LogP contribution is 2.14. The molecule has 0 aliphatic heterocycles. The number of hydrogen-bond acceptors (Lipinski definition) is 3. The Morgan fingerprint density at radius 1 is 1.26 bits per heavy atom. The monoisotopic (exact) mass is 315 g/mol. The molecule has 1 aromatic carbocycles. The number of halogens is 1. The molecular weight excluding hydrogens is 302 g/mol. The van der Waals surface area contributed by atoms with Crippen molar-refractivity contribution in [2.45, 2.75) is 19.5 Å². The molecule has 96 valence electrons. The minimum Gasteiger partial charge on any atom is -0.305 e. The van der Waals surface area contributed by atoms with Crippen LogP contribution in [-0.4, -0.2) is 4.98 Å². The van der Waals surface area contributed by atoms with Gasteiger partial charge < -0.3 is 5.32 Å². The summed E-state index contributed by atoms with van der Waals surface area (Å²) >= 11 is 3.37. The lowest BCUT2D eigenvalue weighted by Crippen LogP contribution is -2.18. The van der Waals surface area contributed by atoms with E-state index in [0.29, 0.717) is 12.1 Å². The normalized spacial score (nSPS) is 11.8. The minimum absolute atomic E-state index is 0.221. The Bertz CT molecular complexity index is 570. The average molecular weight is 316 g/mol. The van der Waals surface area contributed by atoms with Crippen LogP contribution in [0.5, 0.6) is 0 Å². The number of nitrogens with zero attached hydrogens (tertiary/aromatic N) is 2. The van der Waals surface area contributed by atoms with Crippen molar-refractivity contribution in [1.29, 1.82) is 5.26 Å². The smallest absolute Gasteiger partial charge is 0.0991 e. The van der Waals surface area contributed by atoms with Gasteiger partial charge in [0.2, 0.25) is 0 Å². The Morgan fingerprint density at radius 3 is 2.58 bits per heavy atom. The Labute approximate surface area is 121 Å². The molecule has 2 aromatic rings. The summed E-state index contributed by atoms with van der Waals surface area (Å²) in [6.45, 7) is 2.81. The summed E-state index contributed by atoms with van der Waals surface area (Å²) in [6, 6.07) is 13.9. The van der Waals surface area contributed by atoms with Crippen LogP contribution in [0.1, 0.15) is 29.8 Å². The third kappa shape index (κ3) is 3.88. The van der Waals surface area contributed by atoms with Crippen molar-refractivity contribution in [3.63, 3.8) is 0 Å². The maximum atomic E-state index is 8.76. The van der Waals surface area contributed by atoms with Gasteiger partial charge in [0.25, 0.3) is 0 Å². The fourth-order valence-corrected chi connectivity index (χ4v) is 1.97. The van der Waals surface area contributed by atoms with Gasteiger partial charge in [0.05, 0.1) is 17.3 Å². The van der Waals surface area contributed by atoms with Gasteiger partial charge in [-0.05, 0) is 52.7 Å². The quantitative estimate of drug-likeness (QED) is 0.938. The van der Waals surface area contributed by atoms with Crippen LogP contribution in [0.25, 0.3) is 0 Å². The maximum Gasteiger partial charge on any atom is 0.0991 e. The minimum atomic E-state index is 0.221. The lowest BCUT2D eigenvalue weighted by Gasteiger charge is -2.14. The van der Waals surface area contributed by atoms with Gasteiger partial charge in [0, 0.05) is 23.3 Å². The largest absolute Gasteiger partial charge is 0.305 e. The summed E-state index contributed by atoms with van der Waals surface area (Å²) in [5.41, 5.74) is 2.85. The van der Waals surface area contributed by atoms with E-state index in [0.717, 1.165) is 15.7 Å². The van der Waals surface area contributed by atoms with Crippen molar-refractivity contribution < 1.29 is 0 Å². The average Bonchev–Trinajstić information content (AvgIpc) is 2.46. The van der Waals surface area contributed by atoms with E-state index in [-0.39, 0.29) is 6.04 Å². The fourth-order valence-electron chi connectivity index (χ4n) is 1.73. The third-order valence-corrected chi connectivity index (χ3v) is 3.39. The second-order valence-electron chi connectivity index (χ2n) is 4.30. The van der Waals surface area contributed by atoms with E-state index < -0.39 is 0 Å². The van der Waals surface area contributed by atoms with Crippen LogP contribution in [0, 0.1) is 11.3 Å². The second-order valence-corrected chi connectivity index (χ2v) is 5.22. The predicted octanol–water partition coefficient (Wildman–Crippen LogP) is 3.57. The number of rotatable bonds is 4. The van der Waals surface area contributed by atoms with Gasteiger partial charge in [0.1, 0.15) is 0 Å². The molecule has 0 saturated carbocycles. The third-order valence-electron chi connectivity index (χ3n) is 2.92. The van der Waals surface area contributed by atoms with E-state index in [2.05, 4.69) is 39.2 Å². The van der Waals surface area contributed by atoms with Crippen LogP contribution in [0.2, 0.25) is 0 Å². The number of benzene rings is 1. The lowest BCUT2D eigenvalue weighted by atomic mass is 10.1. The van der Waals surface area contributed by atoms with E-state index in [1.54, 1.807) is 6.20 Å². The summed E-state index contributed by atoms with van der Waals surface area (Å²) in [7, 11) is 0. The van der Waals surface area contributed by atoms with Crippen LogP contribution in [-0.2, 0) is 6.54 Å². The van der Waals surface area contributed by atoms with Crippen molar-refractivity contribution in [2.75, 3.05) is 0 Å². The molecule has 4 heteroatoms. The van der Waals surface area contributed by atoms with Gasteiger partial charge in [-0.15, -0.1) is 0 Å². The van der Waals surface area contributed by atoms with Gasteiger partial charge in [-0.25, -0.2) is 0 Å². The number of aromatic nitrogens is 1. The molecular formula is C15H14BrN3. The Kier molecular flexibility index (Phi) is 4.67. The molecule has 0 saturated heterocycles. The molecule has 0 aliphatic rings. The molecule has 0 bridgehead atoms. The highest BCUT2D eigenvalue weighted by Gasteiger charge is 2.05. The van der Waals surface area contributed by atoms with Gasteiger partial charge in [-0.2, -0.15) is 5.26 Å². The van der Waals surface area contributed by atoms with Gasteiger partial charge >= 0.3 is 0 Å². The van der Waals surface area contributed by atoms with Crippen molar-refractivity contribution in [1.82, 2.24) is 10.3 Å². The van der Waals surface area contributed by atoms with E-state index in [1.165, 1.54) is 0 Å². The van der Waals surface area contributed by atoms with Crippen molar-refractivity contribution in [3.8, 4) is 6.07 Å². The first kappa shape index (κ1) is 13.7. The number of pyridine rings is 1. The number of hydrogen-bond donors (Lipinski definition) is 1. The highest BCUT2D eigenvalue weighted by molar-refractivity contribution is 9.10. The molecule has 0 spiro atoms. The molecule has 0 amide bonds. The van der Waals surface area contributed by atoms with Gasteiger partial charge in [-0.3, -0.25) is 4.98 Å². The van der Waals surface area contributed by atoms with Crippen LogP contribution in [0.15, 0.2) is 47.1 Å². The Balaban J connectivity index is 1.95. The zero-order valence-corrected chi connectivity index (χ0v) is 12.2. The molecule has 2 rings (SSSR count). The lowest BCUT2D eigenvalue weighted by molar-refractivity contribution is 0.567. The SMILES string of the molecule is CC(NCc1ccc(Br)cn1)c1ccc(C#N)cc1. The molecule has 0 radical (unpaired) electrons. The van der Waals surface area contributed by atoms with E-state index in [9.17, 15) is 0 Å². The van der Waals surface area contributed by atoms with Crippen LogP contribution in [0.3, 0.4) is 0 Å². The predicted molar refractivity (Wildman–Crippen MR) is 78.3 cm³/mol. The van der Waals surface area contributed by atoms with Crippen LogP contribution < -0.4 is 5.32 Å². The zero-order chi connectivity index (χ0) is 13.7. The fraction of sp³-hybridized carbons (Fsp3) is 0.200. The summed E-state index contributed by atoms with van der Waals surface area (Å²) in [4.78, 5) is 4.32. The summed E-state index contributed by atoms with van der Waals surface area (Å²) < 4.78 is 0.983. The first-order valence-electron chi connectivity index (χ1n) is 6.03. The van der Waals surface area contributed by atoms with E-state index in [1.807, 2.05) is 36.4 Å². The maximum absolute atomic E-state index is 8.76. The Hall–Kier alpha value is -1.70. The van der Waals surface area contributed by atoms with E-state index in [4.69, 9.17) is 5.26 Å². The zero-order valence-electron chi connectivity index (χ0n) is 10.6. The molecule has 1 heterocycles. The Morgan fingerprint density at radius 2 is 2.00 bits per heavy atom. The van der Waals surface area contributed by atoms with Crippen molar-refractivity contribution >= 4 is 15.9 Å².